The molecular weight excluding hydrogens is 576 g/mol. The quantitative estimate of drug-likeness (QED) is 0.123. The fourth-order valence-electron chi connectivity index (χ4n) is 5.28. The summed E-state index contributed by atoms with van der Waals surface area (Å²) in [5.41, 5.74) is 0.632. The lowest BCUT2D eigenvalue weighted by molar-refractivity contribution is -0.155. The molecule has 1 aromatic rings. The number of nitrogens with zero attached hydrogens (tertiary/aromatic N) is 1. The van der Waals surface area contributed by atoms with Crippen molar-refractivity contribution in [1.82, 2.24) is 10.2 Å². The van der Waals surface area contributed by atoms with E-state index in [9.17, 15) is 37.9 Å². The third-order valence-electron chi connectivity index (χ3n) is 7.35. The fourth-order valence-corrected chi connectivity index (χ4v) is 5.28. The molecule has 0 radical (unpaired) electrons. The van der Waals surface area contributed by atoms with Gasteiger partial charge >= 0.3 is 11.9 Å². The van der Waals surface area contributed by atoms with Crippen LogP contribution in [-0.2, 0) is 30.4 Å². The molecule has 0 saturated carbocycles. The highest BCUT2D eigenvalue weighted by molar-refractivity contribution is 6.35. The molecule has 0 bridgehead atoms. The highest BCUT2D eigenvalue weighted by Crippen LogP contribution is 2.38. The summed E-state index contributed by atoms with van der Waals surface area (Å²) in [5, 5.41) is 25.0. The van der Waals surface area contributed by atoms with Crippen LogP contribution in [0.4, 0.5) is 14.5 Å². The first kappa shape index (κ1) is 37.9. The maximum absolute atomic E-state index is 13.9. The van der Waals surface area contributed by atoms with Crippen molar-refractivity contribution in [2.45, 2.75) is 98.2 Å². The number of amides is 2. The number of ketones is 1. The van der Waals surface area contributed by atoms with Gasteiger partial charge in [-0.25, -0.2) is 18.4 Å². The minimum atomic E-state index is -3.06. The van der Waals surface area contributed by atoms with Crippen molar-refractivity contribution in [2.24, 2.45) is 5.92 Å². The van der Waals surface area contributed by atoms with Crippen molar-refractivity contribution in [1.29, 1.82) is 0 Å². The van der Waals surface area contributed by atoms with Gasteiger partial charge in [0.25, 0.3) is 5.78 Å². The third kappa shape index (κ3) is 9.45. The van der Waals surface area contributed by atoms with Gasteiger partial charge in [0.2, 0.25) is 18.2 Å². The maximum atomic E-state index is 13.9. The van der Waals surface area contributed by atoms with E-state index < -0.39 is 66.5 Å². The molecule has 3 atom stereocenters. The Morgan fingerprint density at radius 2 is 1.68 bits per heavy atom. The number of carbonyl (C=O) groups is 5. The molecule has 1 aromatic carbocycles. The molecule has 244 valence electrons. The first-order valence-corrected chi connectivity index (χ1v) is 14.8. The predicted molar refractivity (Wildman–Crippen MR) is 163 cm³/mol. The van der Waals surface area contributed by atoms with Gasteiger partial charge in [-0.15, -0.1) is 0 Å². The highest BCUT2D eigenvalue weighted by atomic mass is 19.3. The molecule has 2 rings (SSSR count). The number of para-hydroxylation sites is 1. The molecule has 3 unspecified atom stereocenters. The molecule has 10 nitrogen and oxygen atoms in total. The number of alkyl halides is 2. The standard InChI is InChI=1S/C30H39F2N3O7.C2H6/c1-6-10-20(25(27(38)39)18(5)7-2)15-30(14-19-11-8-9-12-21(19)34-30)29(42)33-16-24(36)35(17(3)4)22(13-23(31)32)26(37)28(40)41;1-2/h6,8-12,17-18,22-23,34H,7,13-16H2,1-5H3,(H,33,42)(H,38,39)(H,40,41);1-2H3/b10-6-,25-20-;. The van der Waals surface area contributed by atoms with Crippen molar-refractivity contribution in [3.63, 3.8) is 0 Å². The average molecular weight is 622 g/mol. The number of halogens is 2. The van der Waals surface area contributed by atoms with Gasteiger partial charge in [0.05, 0.1) is 6.54 Å². The van der Waals surface area contributed by atoms with Crippen LogP contribution in [-0.4, -0.2) is 75.2 Å². The minimum Gasteiger partial charge on any atom is -0.478 e. The first-order chi connectivity index (χ1) is 20.7. The molecule has 0 aliphatic carbocycles. The molecule has 0 fully saturated rings. The highest BCUT2D eigenvalue weighted by Gasteiger charge is 2.45. The molecule has 4 N–H and O–H groups in total. The number of carboxylic acid groups (broad SMARTS) is 2. The van der Waals surface area contributed by atoms with Gasteiger partial charge in [0.1, 0.15) is 11.6 Å². The van der Waals surface area contributed by atoms with E-state index in [4.69, 9.17) is 5.11 Å². The van der Waals surface area contributed by atoms with Gasteiger partial charge in [-0.2, -0.15) is 0 Å². The van der Waals surface area contributed by atoms with Crippen LogP contribution in [0.1, 0.15) is 73.3 Å². The van der Waals surface area contributed by atoms with E-state index >= 15 is 0 Å². The summed E-state index contributed by atoms with van der Waals surface area (Å²) in [6, 6.07) is 4.41. The maximum Gasteiger partial charge on any atom is 0.374 e. The van der Waals surface area contributed by atoms with Crippen LogP contribution in [0, 0.1) is 5.92 Å². The summed E-state index contributed by atoms with van der Waals surface area (Å²) in [7, 11) is 0. The second-order valence-corrected chi connectivity index (χ2v) is 10.7. The summed E-state index contributed by atoms with van der Waals surface area (Å²) in [6.07, 6.45) is -0.237. The number of Topliss-reactive ketones (excluding diaryl/α,β-unsaturated/α-hetero) is 1. The monoisotopic (exact) mass is 621 g/mol. The van der Waals surface area contributed by atoms with E-state index in [2.05, 4.69) is 10.6 Å². The zero-order valence-electron chi connectivity index (χ0n) is 26.4. The van der Waals surface area contributed by atoms with Gasteiger partial charge < -0.3 is 25.7 Å². The Bertz CT molecular complexity index is 1230. The van der Waals surface area contributed by atoms with E-state index in [1.54, 1.807) is 44.2 Å². The van der Waals surface area contributed by atoms with E-state index in [1.165, 1.54) is 13.8 Å². The van der Waals surface area contributed by atoms with E-state index in [-0.39, 0.29) is 24.3 Å². The van der Waals surface area contributed by atoms with Crippen LogP contribution in [0.25, 0.3) is 0 Å². The molecule has 0 aromatic heterocycles. The zero-order valence-corrected chi connectivity index (χ0v) is 26.4. The predicted octanol–water partition coefficient (Wildman–Crippen LogP) is 4.84. The number of fused-ring (bicyclic) bond motifs is 1. The molecule has 1 aliphatic heterocycles. The van der Waals surface area contributed by atoms with Crippen LogP contribution in [0.2, 0.25) is 0 Å². The fraction of sp³-hybridized carbons (Fsp3) is 0.531. The molecule has 0 saturated heterocycles. The summed E-state index contributed by atoms with van der Waals surface area (Å²) in [6.45, 7) is 11.6. The lowest BCUT2D eigenvalue weighted by Gasteiger charge is -2.34. The number of rotatable bonds is 15. The molecule has 12 heteroatoms. The van der Waals surface area contributed by atoms with Crippen LogP contribution in [0.5, 0.6) is 0 Å². The second kappa shape index (κ2) is 17.3. The zero-order chi connectivity index (χ0) is 33.8. The largest absolute Gasteiger partial charge is 0.478 e. The number of carbonyl (C=O) groups excluding carboxylic acids is 3. The van der Waals surface area contributed by atoms with Crippen molar-refractivity contribution in [3.05, 3.63) is 53.1 Å². The Labute approximate surface area is 257 Å². The summed E-state index contributed by atoms with van der Waals surface area (Å²) in [4.78, 5) is 63.7. The molecule has 1 aliphatic rings. The number of allylic oxidation sites excluding steroid dienone is 2. The summed E-state index contributed by atoms with van der Waals surface area (Å²) >= 11 is 0. The number of carboxylic acids is 2. The van der Waals surface area contributed by atoms with Gasteiger partial charge in [-0.1, -0.05) is 58.0 Å². The normalized spacial score (nSPS) is 17.5. The molecule has 44 heavy (non-hydrogen) atoms. The van der Waals surface area contributed by atoms with Crippen molar-refractivity contribution in [3.8, 4) is 0 Å². The number of benzene rings is 1. The Morgan fingerprint density at radius 3 is 2.16 bits per heavy atom. The van der Waals surface area contributed by atoms with Crippen molar-refractivity contribution in [2.75, 3.05) is 11.9 Å². The SMILES string of the molecule is C/C=C\C(CC1(C(=O)NCC(=O)N(C(C)C)C(CC(F)F)C(=O)C(=O)O)Cc2ccccc2N1)=C(\C(=O)O)C(C)CC.CC. The average Bonchev–Trinajstić information content (AvgIpc) is 3.35. The van der Waals surface area contributed by atoms with E-state index in [0.29, 0.717) is 17.7 Å². The third-order valence-corrected chi connectivity index (χ3v) is 7.35. The van der Waals surface area contributed by atoms with E-state index in [0.717, 1.165) is 10.5 Å². The first-order valence-electron chi connectivity index (χ1n) is 14.8. The number of hydrogen-bond donors (Lipinski definition) is 4. The summed E-state index contributed by atoms with van der Waals surface area (Å²) < 4.78 is 26.5. The number of anilines is 1. The topological polar surface area (TPSA) is 153 Å². The molecular formula is C32H45F2N3O7. The van der Waals surface area contributed by atoms with Crippen molar-refractivity contribution >= 4 is 35.2 Å². The van der Waals surface area contributed by atoms with Gasteiger partial charge in [-0.3, -0.25) is 14.4 Å². The lowest BCUT2D eigenvalue weighted by atomic mass is 9.82. The lowest BCUT2D eigenvalue weighted by Crippen LogP contribution is -2.57. The minimum absolute atomic E-state index is 0.0442. The number of hydrogen-bond acceptors (Lipinski definition) is 6. The van der Waals surface area contributed by atoms with Crippen LogP contribution in [0.15, 0.2) is 47.6 Å². The number of aliphatic carboxylic acids is 2. The van der Waals surface area contributed by atoms with Crippen molar-refractivity contribution < 1.29 is 43.0 Å². The Balaban J connectivity index is 0.00000474. The molecule has 2 amide bonds. The molecule has 0 spiro atoms. The second-order valence-electron chi connectivity index (χ2n) is 10.7. The van der Waals surface area contributed by atoms with Crippen LogP contribution < -0.4 is 10.6 Å². The van der Waals surface area contributed by atoms with Gasteiger partial charge in [0, 0.05) is 36.6 Å². The Kier molecular flexibility index (Phi) is 14.9. The molecule has 1 heterocycles. The van der Waals surface area contributed by atoms with Crippen LogP contribution in [0.3, 0.4) is 0 Å². The Morgan fingerprint density at radius 1 is 1.07 bits per heavy atom. The van der Waals surface area contributed by atoms with Gasteiger partial charge in [0.15, 0.2) is 0 Å². The van der Waals surface area contributed by atoms with E-state index in [1.807, 2.05) is 26.8 Å². The smallest absolute Gasteiger partial charge is 0.374 e. The number of nitrogens with one attached hydrogen (secondary N) is 2. The summed E-state index contributed by atoms with van der Waals surface area (Å²) in [5.74, 6) is -6.51. The Hall–Kier alpha value is -4.09. The van der Waals surface area contributed by atoms with Crippen LogP contribution >= 0.6 is 0 Å². The van der Waals surface area contributed by atoms with Gasteiger partial charge in [-0.05, 0) is 50.3 Å².